The van der Waals surface area contributed by atoms with Gasteiger partial charge in [-0.25, -0.2) is 8.42 Å². The molecule has 1 aliphatic heterocycles. The van der Waals surface area contributed by atoms with E-state index in [-0.39, 0.29) is 10.1 Å². The zero-order valence-electron chi connectivity index (χ0n) is 13.0. The summed E-state index contributed by atoms with van der Waals surface area (Å²) in [4.78, 5) is 14.0. The SMILES string of the molecule is O=C(Cc1ccc(NS(=O)(=O)c2cccs2)cc1)N1CCOCC1. The third-order valence-corrected chi connectivity index (χ3v) is 6.46. The third kappa shape index (κ3) is 4.14. The van der Waals surface area contributed by atoms with Crippen LogP contribution in [0.2, 0.25) is 0 Å². The topological polar surface area (TPSA) is 75.7 Å². The normalized spacial score (nSPS) is 15.2. The molecule has 0 saturated carbocycles. The lowest BCUT2D eigenvalue weighted by molar-refractivity contribution is -0.134. The van der Waals surface area contributed by atoms with Crippen LogP contribution in [0.25, 0.3) is 0 Å². The maximum atomic E-state index is 12.2. The molecule has 1 N–H and O–H groups in total. The van der Waals surface area contributed by atoms with Crippen LogP contribution in [-0.4, -0.2) is 45.5 Å². The number of rotatable bonds is 5. The number of hydrogen-bond donors (Lipinski definition) is 1. The van der Waals surface area contributed by atoms with E-state index < -0.39 is 10.0 Å². The van der Waals surface area contributed by atoms with Gasteiger partial charge in [-0.15, -0.1) is 11.3 Å². The van der Waals surface area contributed by atoms with Crippen molar-refractivity contribution in [3.63, 3.8) is 0 Å². The number of hydrogen-bond acceptors (Lipinski definition) is 5. The zero-order chi connectivity index (χ0) is 17.0. The highest BCUT2D eigenvalue weighted by molar-refractivity contribution is 7.94. The molecule has 0 radical (unpaired) electrons. The number of morpholine rings is 1. The quantitative estimate of drug-likeness (QED) is 0.878. The Morgan fingerprint density at radius 2 is 1.88 bits per heavy atom. The van der Waals surface area contributed by atoms with Crippen LogP contribution in [0.3, 0.4) is 0 Å². The molecule has 3 rings (SSSR count). The number of nitrogens with zero attached hydrogens (tertiary/aromatic N) is 1. The number of carbonyl (C=O) groups is 1. The van der Waals surface area contributed by atoms with E-state index >= 15 is 0 Å². The van der Waals surface area contributed by atoms with Crippen LogP contribution < -0.4 is 4.72 Å². The molecule has 2 aromatic rings. The van der Waals surface area contributed by atoms with E-state index in [0.29, 0.717) is 38.4 Å². The smallest absolute Gasteiger partial charge is 0.271 e. The van der Waals surface area contributed by atoms with E-state index in [2.05, 4.69) is 4.72 Å². The number of carbonyl (C=O) groups excluding carboxylic acids is 1. The molecule has 0 bridgehead atoms. The molecule has 1 fully saturated rings. The summed E-state index contributed by atoms with van der Waals surface area (Å²) < 4.78 is 32.4. The van der Waals surface area contributed by atoms with Gasteiger partial charge in [-0.05, 0) is 29.1 Å². The van der Waals surface area contributed by atoms with Crippen molar-refractivity contribution in [3.8, 4) is 0 Å². The van der Waals surface area contributed by atoms with Crippen LogP contribution in [-0.2, 0) is 26.0 Å². The molecule has 6 nitrogen and oxygen atoms in total. The molecule has 1 aromatic heterocycles. The maximum Gasteiger partial charge on any atom is 0.271 e. The Bertz CT molecular complexity index is 780. The molecule has 0 aliphatic carbocycles. The van der Waals surface area contributed by atoms with Crippen LogP contribution in [0, 0.1) is 0 Å². The van der Waals surface area contributed by atoms with Gasteiger partial charge >= 0.3 is 0 Å². The summed E-state index contributed by atoms with van der Waals surface area (Å²) in [7, 11) is -3.54. The Hall–Kier alpha value is -1.90. The van der Waals surface area contributed by atoms with Gasteiger partial charge in [0.05, 0.1) is 19.6 Å². The highest BCUT2D eigenvalue weighted by atomic mass is 32.2. The van der Waals surface area contributed by atoms with Gasteiger partial charge in [0.15, 0.2) is 0 Å². The minimum absolute atomic E-state index is 0.0604. The number of thiophene rings is 1. The van der Waals surface area contributed by atoms with E-state index in [1.54, 1.807) is 46.7 Å². The second-order valence-corrected chi connectivity index (χ2v) is 8.26. The molecule has 8 heteroatoms. The van der Waals surface area contributed by atoms with Gasteiger partial charge < -0.3 is 9.64 Å². The van der Waals surface area contributed by atoms with Crippen molar-refractivity contribution in [2.24, 2.45) is 0 Å². The molecular weight excluding hydrogens is 348 g/mol. The number of nitrogens with one attached hydrogen (secondary N) is 1. The van der Waals surface area contributed by atoms with Crippen LogP contribution in [0.1, 0.15) is 5.56 Å². The van der Waals surface area contributed by atoms with Crippen LogP contribution >= 0.6 is 11.3 Å². The van der Waals surface area contributed by atoms with E-state index in [4.69, 9.17) is 4.74 Å². The average Bonchev–Trinajstić information content (AvgIpc) is 3.13. The molecule has 1 aliphatic rings. The first-order valence-corrected chi connectivity index (χ1v) is 9.92. The van der Waals surface area contributed by atoms with Crippen molar-refractivity contribution in [1.82, 2.24) is 4.90 Å². The Morgan fingerprint density at radius 1 is 1.17 bits per heavy atom. The number of amides is 1. The second-order valence-electron chi connectivity index (χ2n) is 5.40. The van der Waals surface area contributed by atoms with Gasteiger partial charge in [-0.2, -0.15) is 0 Å². The number of benzene rings is 1. The first-order chi connectivity index (χ1) is 11.5. The first kappa shape index (κ1) is 16.9. The van der Waals surface area contributed by atoms with Crippen molar-refractivity contribution in [1.29, 1.82) is 0 Å². The molecule has 0 atom stereocenters. The monoisotopic (exact) mass is 366 g/mol. The average molecular weight is 366 g/mol. The summed E-state index contributed by atoms with van der Waals surface area (Å²) in [5, 5.41) is 1.72. The van der Waals surface area contributed by atoms with Gasteiger partial charge in [0, 0.05) is 18.8 Å². The lowest BCUT2D eigenvalue weighted by atomic mass is 10.1. The number of anilines is 1. The Balaban J connectivity index is 1.62. The maximum absolute atomic E-state index is 12.2. The molecule has 0 spiro atoms. The summed E-state index contributed by atoms with van der Waals surface area (Å²) >= 11 is 1.17. The first-order valence-electron chi connectivity index (χ1n) is 7.55. The lowest BCUT2D eigenvalue weighted by Crippen LogP contribution is -2.41. The van der Waals surface area contributed by atoms with Crippen LogP contribution in [0.5, 0.6) is 0 Å². The Morgan fingerprint density at radius 3 is 2.50 bits per heavy atom. The molecule has 128 valence electrons. The van der Waals surface area contributed by atoms with Crippen molar-refractivity contribution >= 4 is 33.0 Å². The molecule has 2 heterocycles. The molecule has 1 saturated heterocycles. The minimum Gasteiger partial charge on any atom is -0.378 e. The van der Waals surface area contributed by atoms with Crippen LogP contribution in [0.4, 0.5) is 5.69 Å². The van der Waals surface area contributed by atoms with Gasteiger partial charge in [0.2, 0.25) is 5.91 Å². The summed E-state index contributed by atoms with van der Waals surface area (Å²) in [6, 6.07) is 10.1. The highest BCUT2D eigenvalue weighted by Crippen LogP contribution is 2.20. The minimum atomic E-state index is -3.54. The van der Waals surface area contributed by atoms with Crippen LogP contribution in [0.15, 0.2) is 46.0 Å². The zero-order valence-corrected chi connectivity index (χ0v) is 14.6. The fourth-order valence-electron chi connectivity index (χ4n) is 2.41. The number of ether oxygens (including phenoxy) is 1. The van der Waals surface area contributed by atoms with Gasteiger partial charge in [0.1, 0.15) is 4.21 Å². The molecule has 1 aromatic carbocycles. The van der Waals surface area contributed by atoms with Crippen molar-refractivity contribution in [3.05, 3.63) is 47.3 Å². The molecular formula is C16H18N2O4S2. The third-order valence-electron chi connectivity index (χ3n) is 3.69. The summed E-state index contributed by atoms with van der Waals surface area (Å²) in [6.45, 7) is 2.40. The number of sulfonamides is 1. The van der Waals surface area contributed by atoms with E-state index in [1.165, 1.54) is 11.3 Å². The fraction of sp³-hybridized carbons (Fsp3) is 0.312. The van der Waals surface area contributed by atoms with Gasteiger partial charge in [0.25, 0.3) is 10.0 Å². The van der Waals surface area contributed by atoms with Gasteiger partial charge in [-0.3, -0.25) is 9.52 Å². The molecule has 0 unspecified atom stereocenters. The Kier molecular flexibility index (Phi) is 5.17. The van der Waals surface area contributed by atoms with Gasteiger partial charge in [-0.1, -0.05) is 18.2 Å². The fourth-order valence-corrected chi connectivity index (χ4v) is 4.46. The van der Waals surface area contributed by atoms with E-state index in [1.807, 2.05) is 0 Å². The predicted molar refractivity (Wildman–Crippen MR) is 92.7 cm³/mol. The summed E-state index contributed by atoms with van der Waals surface area (Å²) in [6.07, 6.45) is 0.304. The standard InChI is InChI=1S/C16H18N2O4S2/c19-15(18-7-9-22-10-8-18)12-13-3-5-14(6-4-13)17-24(20,21)16-2-1-11-23-16/h1-6,11,17H,7-10,12H2. The van der Waals surface area contributed by atoms with E-state index in [9.17, 15) is 13.2 Å². The second kappa shape index (κ2) is 7.33. The molecule has 1 amide bonds. The molecule has 24 heavy (non-hydrogen) atoms. The largest absolute Gasteiger partial charge is 0.378 e. The summed E-state index contributed by atoms with van der Waals surface area (Å²) in [5.74, 6) is 0.0604. The predicted octanol–water partition coefficient (Wildman–Crippen LogP) is 1.95. The van der Waals surface area contributed by atoms with E-state index in [0.717, 1.165) is 5.56 Å². The Labute approximate surface area is 145 Å². The van der Waals surface area contributed by atoms with Crippen molar-refractivity contribution < 1.29 is 17.9 Å². The van der Waals surface area contributed by atoms with Crippen molar-refractivity contribution in [2.75, 3.05) is 31.0 Å². The summed E-state index contributed by atoms with van der Waals surface area (Å²) in [5.41, 5.74) is 1.33. The van der Waals surface area contributed by atoms with Crippen molar-refractivity contribution in [2.45, 2.75) is 10.6 Å². The lowest BCUT2D eigenvalue weighted by Gasteiger charge is -2.26. The highest BCUT2D eigenvalue weighted by Gasteiger charge is 2.18.